The number of hydrogen-bond donors (Lipinski definition) is 1. The van der Waals surface area contributed by atoms with Crippen molar-refractivity contribution in [2.75, 3.05) is 12.3 Å². The number of rotatable bonds is 3. The molecule has 82 valence electrons. The van der Waals surface area contributed by atoms with Crippen LogP contribution in [0.2, 0.25) is 0 Å². The van der Waals surface area contributed by atoms with E-state index in [0.29, 0.717) is 0 Å². The molecule has 0 aliphatic carbocycles. The second kappa shape index (κ2) is 4.81. The van der Waals surface area contributed by atoms with Crippen LogP contribution in [0.3, 0.4) is 0 Å². The number of benzene rings is 1. The summed E-state index contributed by atoms with van der Waals surface area (Å²) >= 11 is 1.82. The molecule has 0 bridgehead atoms. The summed E-state index contributed by atoms with van der Waals surface area (Å²) in [5, 5.41) is 3.59. The Morgan fingerprint density at radius 1 is 1.33 bits per heavy atom. The Balaban J connectivity index is 2.03. The Morgan fingerprint density at radius 3 is 2.60 bits per heavy atom. The fourth-order valence-corrected chi connectivity index (χ4v) is 2.52. The molecule has 1 saturated heterocycles. The normalized spacial score (nSPS) is 20.9. The lowest BCUT2D eigenvalue weighted by atomic mass is 10.2. The summed E-state index contributed by atoms with van der Waals surface area (Å²) in [6.45, 7) is -1.76. The lowest BCUT2D eigenvalue weighted by molar-refractivity contribution is -0.0498. The highest BCUT2D eigenvalue weighted by Crippen LogP contribution is 2.30. The molecular weight excluding hydrogens is 220 g/mol. The summed E-state index contributed by atoms with van der Waals surface area (Å²) in [6, 6.07) is 6.77. The first-order valence-corrected chi connectivity index (χ1v) is 5.70. The predicted octanol–water partition coefficient (Wildman–Crippen LogP) is 2.62. The van der Waals surface area contributed by atoms with Crippen LogP contribution in [0, 0.1) is 0 Å². The minimum Gasteiger partial charge on any atom is -0.435 e. The van der Waals surface area contributed by atoms with Crippen molar-refractivity contribution in [1.29, 1.82) is 0 Å². The summed E-state index contributed by atoms with van der Waals surface area (Å²) in [5.74, 6) is 1.29. The smallest absolute Gasteiger partial charge is 0.387 e. The number of ether oxygens (including phenoxy) is 1. The number of nitrogens with one attached hydrogen (secondary N) is 1. The van der Waals surface area contributed by atoms with Gasteiger partial charge in [-0.15, -0.1) is 11.8 Å². The molecule has 0 radical (unpaired) electrons. The highest BCUT2D eigenvalue weighted by atomic mass is 32.2. The van der Waals surface area contributed by atoms with Gasteiger partial charge in [-0.25, -0.2) is 0 Å². The summed E-state index contributed by atoms with van der Waals surface area (Å²) in [4.78, 5) is 0. The third-order valence-corrected chi connectivity index (χ3v) is 3.34. The molecule has 0 amide bonds. The van der Waals surface area contributed by atoms with E-state index in [1.165, 1.54) is 0 Å². The van der Waals surface area contributed by atoms with E-state index in [2.05, 4.69) is 10.1 Å². The van der Waals surface area contributed by atoms with Gasteiger partial charge in [0, 0.05) is 12.3 Å². The first-order valence-electron chi connectivity index (χ1n) is 4.65. The van der Waals surface area contributed by atoms with Gasteiger partial charge in [0.05, 0.1) is 5.37 Å². The van der Waals surface area contributed by atoms with Crippen molar-refractivity contribution in [1.82, 2.24) is 5.32 Å². The number of halogens is 2. The molecule has 0 aromatic heterocycles. The van der Waals surface area contributed by atoms with Gasteiger partial charge < -0.3 is 10.1 Å². The van der Waals surface area contributed by atoms with Crippen LogP contribution in [0.25, 0.3) is 0 Å². The molecule has 5 heteroatoms. The van der Waals surface area contributed by atoms with Crippen LogP contribution < -0.4 is 10.1 Å². The zero-order valence-electron chi connectivity index (χ0n) is 7.95. The third-order valence-electron chi connectivity index (χ3n) is 2.12. The largest absolute Gasteiger partial charge is 0.435 e. The zero-order valence-corrected chi connectivity index (χ0v) is 8.77. The molecule has 1 aromatic rings. The molecule has 1 heterocycles. The van der Waals surface area contributed by atoms with Crippen LogP contribution in [-0.4, -0.2) is 18.9 Å². The van der Waals surface area contributed by atoms with Gasteiger partial charge in [0.2, 0.25) is 0 Å². The minimum atomic E-state index is -2.75. The van der Waals surface area contributed by atoms with E-state index in [4.69, 9.17) is 0 Å². The van der Waals surface area contributed by atoms with Gasteiger partial charge in [-0.3, -0.25) is 0 Å². The lowest BCUT2D eigenvalue weighted by Gasteiger charge is -2.10. The summed E-state index contributed by atoms with van der Waals surface area (Å²) in [7, 11) is 0. The Hall–Kier alpha value is -0.810. The Labute approximate surface area is 91.0 Å². The van der Waals surface area contributed by atoms with Crippen molar-refractivity contribution in [3.05, 3.63) is 29.8 Å². The molecule has 1 aliphatic heterocycles. The van der Waals surface area contributed by atoms with Gasteiger partial charge in [0.15, 0.2) is 0 Å². The molecule has 1 atom stereocenters. The number of thioether (sulfide) groups is 1. The van der Waals surface area contributed by atoms with Crippen LogP contribution in [0.5, 0.6) is 5.75 Å². The highest BCUT2D eigenvalue weighted by molar-refractivity contribution is 7.99. The van der Waals surface area contributed by atoms with E-state index in [1.807, 2.05) is 23.9 Å². The number of hydrogen-bond acceptors (Lipinski definition) is 3. The maximum absolute atomic E-state index is 11.9. The van der Waals surface area contributed by atoms with Crippen molar-refractivity contribution in [2.45, 2.75) is 12.0 Å². The van der Waals surface area contributed by atoms with Gasteiger partial charge in [0.1, 0.15) is 5.75 Å². The molecule has 1 aromatic carbocycles. The second-order valence-electron chi connectivity index (χ2n) is 3.15. The van der Waals surface area contributed by atoms with Crippen LogP contribution in [0.1, 0.15) is 10.9 Å². The zero-order chi connectivity index (χ0) is 10.7. The molecular formula is C10H11F2NOS. The molecule has 0 spiro atoms. The average Bonchev–Trinajstić information content (AvgIpc) is 2.71. The fraction of sp³-hybridized carbons (Fsp3) is 0.400. The molecule has 1 fully saturated rings. The first kappa shape index (κ1) is 10.7. The molecule has 1 aliphatic rings. The van der Waals surface area contributed by atoms with E-state index >= 15 is 0 Å². The van der Waals surface area contributed by atoms with Crippen LogP contribution >= 0.6 is 11.8 Å². The van der Waals surface area contributed by atoms with Crippen LogP contribution in [-0.2, 0) is 0 Å². The summed E-state index contributed by atoms with van der Waals surface area (Å²) in [5.41, 5.74) is 1.10. The topological polar surface area (TPSA) is 21.3 Å². The van der Waals surface area contributed by atoms with Crippen molar-refractivity contribution in [3.8, 4) is 5.75 Å². The lowest BCUT2D eigenvalue weighted by Crippen LogP contribution is -2.11. The maximum atomic E-state index is 11.9. The Kier molecular flexibility index (Phi) is 3.43. The van der Waals surface area contributed by atoms with Gasteiger partial charge >= 0.3 is 6.61 Å². The maximum Gasteiger partial charge on any atom is 0.387 e. The monoisotopic (exact) mass is 231 g/mol. The van der Waals surface area contributed by atoms with Crippen molar-refractivity contribution < 1.29 is 13.5 Å². The van der Waals surface area contributed by atoms with E-state index < -0.39 is 6.61 Å². The highest BCUT2D eigenvalue weighted by Gasteiger charge is 2.16. The quantitative estimate of drug-likeness (QED) is 0.864. The van der Waals surface area contributed by atoms with E-state index in [0.717, 1.165) is 17.9 Å². The third kappa shape index (κ3) is 2.82. The van der Waals surface area contributed by atoms with Crippen LogP contribution in [0.4, 0.5) is 8.78 Å². The summed E-state index contributed by atoms with van der Waals surface area (Å²) in [6.07, 6.45) is 0. The van der Waals surface area contributed by atoms with Gasteiger partial charge in [-0.05, 0) is 17.7 Å². The second-order valence-corrected chi connectivity index (χ2v) is 4.37. The molecule has 2 nitrogen and oxygen atoms in total. The minimum absolute atomic E-state index is 0.205. The van der Waals surface area contributed by atoms with Crippen LogP contribution in [0.15, 0.2) is 24.3 Å². The standard InChI is InChI=1S/C10H11F2NOS/c11-10(12)14-8-3-1-7(2-4-8)9-13-5-6-15-9/h1-4,9-10,13H,5-6H2. The molecule has 15 heavy (non-hydrogen) atoms. The molecule has 1 unspecified atom stereocenters. The number of alkyl halides is 2. The predicted molar refractivity (Wildman–Crippen MR) is 56.3 cm³/mol. The van der Waals surface area contributed by atoms with Gasteiger partial charge in [-0.1, -0.05) is 12.1 Å². The van der Waals surface area contributed by atoms with Crippen molar-refractivity contribution in [3.63, 3.8) is 0 Å². The molecule has 1 N–H and O–H groups in total. The molecule has 0 saturated carbocycles. The Bertz CT molecular complexity index is 312. The average molecular weight is 231 g/mol. The van der Waals surface area contributed by atoms with Crippen molar-refractivity contribution in [2.24, 2.45) is 0 Å². The van der Waals surface area contributed by atoms with Gasteiger partial charge in [-0.2, -0.15) is 8.78 Å². The van der Waals surface area contributed by atoms with E-state index in [1.54, 1.807) is 12.1 Å². The molecule has 2 rings (SSSR count). The first-order chi connectivity index (χ1) is 7.25. The Morgan fingerprint density at radius 2 is 2.07 bits per heavy atom. The summed E-state index contributed by atoms with van der Waals surface area (Å²) < 4.78 is 28.0. The van der Waals surface area contributed by atoms with Crippen molar-refractivity contribution >= 4 is 11.8 Å². The van der Waals surface area contributed by atoms with E-state index in [9.17, 15) is 8.78 Å². The SMILES string of the molecule is FC(F)Oc1ccc(C2NCCS2)cc1. The van der Waals surface area contributed by atoms with Gasteiger partial charge in [0.25, 0.3) is 0 Å². The fourth-order valence-electron chi connectivity index (χ4n) is 1.46. The van der Waals surface area contributed by atoms with E-state index in [-0.39, 0.29) is 11.1 Å².